The Balaban J connectivity index is 1.72. The van der Waals surface area contributed by atoms with Crippen molar-refractivity contribution in [3.8, 4) is 0 Å². The number of aromatic nitrogens is 1. The maximum Gasteiger partial charge on any atom is 0.323 e. The number of carbonyl (C=O) groups is 1. The van der Waals surface area contributed by atoms with Gasteiger partial charge in [0.05, 0.1) is 6.61 Å². The molecule has 3 rings (SSSR count). The Morgan fingerprint density at radius 1 is 1.18 bits per heavy atom. The fourth-order valence-electron chi connectivity index (χ4n) is 3.04. The molecule has 2 fully saturated rings. The van der Waals surface area contributed by atoms with Gasteiger partial charge >= 0.3 is 5.97 Å². The zero-order chi connectivity index (χ0) is 15.9. The van der Waals surface area contributed by atoms with Gasteiger partial charge in [0, 0.05) is 32.6 Å². The second-order valence-corrected chi connectivity index (χ2v) is 7.44. The molecular weight excluding hydrogens is 310 g/mol. The molecule has 3 heterocycles. The van der Waals surface area contributed by atoms with Crippen LogP contribution in [-0.2, 0) is 19.6 Å². The molecule has 0 aromatic carbocycles. The summed E-state index contributed by atoms with van der Waals surface area (Å²) in [7, 11) is -3.61. The number of hydrogen-bond acceptors (Lipinski definition) is 7. The molecule has 0 saturated carbocycles. The predicted octanol–water partition coefficient (Wildman–Crippen LogP) is -0.0868. The molecular formula is C13H19N3O5S. The molecule has 0 amide bonds. The lowest BCUT2D eigenvalue weighted by Crippen LogP contribution is -2.53. The molecule has 9 heteroatoms. The van der Waals surface area contributed by atoms with E-state index in [0.717, 1.165) is 0 Å². The van der Waals surface area contributed by atoms with E-state index in [2.05, 4.69) is 5.16 Å². The third kappa shape index (κ3) is 2.53. The van der Waals surface area contributed by atoms with Crippen LogP contribution in [0.4, 0.5) is 0 Å². The van der Waals surface area contributed by atoms with Crippen LogP contribution >= 0.6 is 0 Å². The van der Waals surface area contributed by atoms with Crippen molar-refractivity contribution in [3.63, 3.8) is 0 Å². The normalized spacial score (nSPS) is 24.6. The van der Waals surface area contributed by atoms with E-state index in [1.165, 1.54) is 4.31 Å². The molecule has 0 radical (unpaired) electrons. The number of carbonyl (C=O) groups excluding carboxylic acids is 1. The molecule has 0 unspecified atom stereocenters. The Morgan fingerprint density at radius 2 is 1.86 bits per heavy atom. The van der Waals surface area contributed by atoms with E-state index in [9.17, 15) is 13.2 Å². The first-order valence-corrected chi connectivity index (χ1v) is 8.69. The fourth-order valence-corrected chi connectivity index (χ4v) is 4.76. The third-order valence-corrected chi connectivity index (χ3v) is 6.33. The average molecular weight is 329 g/mol. The number of rotatable bonds is 3. The van der Waals surface area contributed by atoms with Crippen molar-refractivity contribution in [2.75, 3.05) is 32.8 Å². The number of ether oxygens (including phenoxy) is 1. The maximum atomic E-state index is 12.7. The van der Waals surface area contributed by atoms with Gasteiger partial charge in [-0.2, -0.15) is 4.31 Å². The summed E-state index contributed by atoms with van der Waals surface area (Å²) in [6.45, 7) is 5.38. The van der Waals surface area contributed by atoms with Gasteiger partial charge in [0.25, 0.3) is 0 Å². The first kappa shape index (κ1) is 15.4. The molecule has 2 saturated heterocycles. The van der Waals surface area contributed by atoms with Gasteiger partial charge in [-0.3, -0.25) is 9.69 Å². The fraction of sp³-hybridized carbons (Fsp3) is 0.692. The van der Waals surface area contributed by atoms with Crippen molar-refractivity contribution in [1.29, 1.82) is 0 Å². The van der Waals surface area contributed by atoms with Gasteiger partial charge < -0.3 is 9.26 Å². The second kappa shape index (κ2) is 5.64. The zero-order valence-corrected chi connectivity index (χ0v) is 13.4. The van der Waals surface area contributed by atoms with Crippen LogP contribution in [0, 0.1) is 13.8 Å². The van der Waals surface area contributed by atoms with Crippen LogP contribution in [0.1, 0.15) is 17.9 Å². The highest BCUT2D eigenvalue weighted by molar-refractivity contribution is 7.89. The van der Waals surface area contributed by atoms with Crippen LogP contribution in [-0.4, -0.2) is 67.6 Å². The predicted molar refractivity (Wildman–Crippen MR) is 75.7 cm³/mol. The van der Waals surface area contributed by atoms with Gasteiger partial charge in [-0.15, -0.1) is 0 Å². The molecule has 122 valence electrons. The summed E-state index contributed by atoms with van der Waals surface area (Å²) < 4.78 is 36.8. The molecule has 0 bridgehead atoms. The summed E-state index contributed by atoms with van der Waals surface area (Å²) in [5, 5.41) is 3.71. The van der Waals surface area contributed by atoms with Crippen molar-refractivity contribution in [2.24, 2.45) is 0 Å². The minimum absolute atomic E-state index is 0.154. The van der Waals surface area contributed by atoms with Crippen LogP contribution < -0.4 is 0 Å². The van der Waals surface area contributed by atoms with E-state index in [4.69, 9.17) is 9.26 Å². The molecule has 22 heavy (non-hydrogen) atoms. The van der Waals surface area contributed by atoms with E-state index in [1.807, 2.05) is 4.90 Å². The third-order valence-electron chi connectivity index (χ3n) is 4.19. The van der Waals surface area contributed by atoms with Crippen LogP contribution in [0.2, 0.25) is 0 Å². The number of cyclic esters (lactones) is 1. The molecule has 8 nitrogen and oxygen atoms in total. The van der Waals surface area contributed by atoms with E-state index < -0.39 is 10.0 Å². The molecule has 1 aromatic heterocycles. The highest BCUT2D eigenvalue weighted by Crippen LogP contribution is 2.25. The number of hydrogen-bond donors (Lipinski definition) is 0. The standard InChI is InChI=1S/C13H19N3O5S/c1-9-12(10(2)21-14-9)22(18,19)16-6-4-15(5-7-16)11-3-8-20-13(11)17/h11H,3-8H2,1-2H3/t11-/m0/s1. The highest BCUT2D eigenvalue weighted by Gasteiger charge is 2.38. The quantitative estimate of drug-likeness (QED) is 0.716. The SMILES string of the molecule is Cc1noc(C)c1S(=O)(=O)N1CCN([C@H]2CCOC2=O)CC1. The summed E-state index contributed by atoms with van der Waals surface area (Å²) in [6.07, 6.45) is 0.676. The average Bonchev–Trinajstić information content (AvgIpc) is 3.05. The van der Waals surface area contributed by atoms with Crippen LogP contribution in [0.5, 0.6) is 0 Å². The monoisotopic (exact) mass is 329 g/mol. The Morgan fingerprint density at radius 3 is 2.36 bits per heavy atom. The van der Waals surface area contributed by atoms with Gasteiger partial charge in [-0.25, -0.2) is 8.42 Å². The number of sulfonamides is 1. The molecule has 0 spiro atoms. The summed E-state index contributed by atoms with van der Waals surface area (Å²) in [6, 6.07) is -0.232. The maximum absolute atomic E-state index is 12.7. The first-order valence-electron chi connectivity index (χ1n) is 7.25. The summed E-state index contributed by atoms with van der Waals surface area (Å²) in [5.41, 5.74) is 0.374. The summed E-state index contributed by atoms with van der Waals surface area (Å²) >= 11 is 0. The van der Waals surface area contributed by atoms with Crippen molar-refractivity contribution >= 4 is 16.0 Å². The Bertz CT molecular complexity index is 656. The largest absolute Gasteiger partial charge is 0.464 e. The number of nitrogens with zero attached hydrogens (tertiary/aromatic N) is 3. The lowest BCUT2D eigenvalue weighted by atomic mass is 10.2. The molecule has 1 atom stereocenters. The second-order valence-electron chi connectivity index (χ2n) is 5.57. The highest BCUT2D eigenvalue weighted by atomic mass is 32.2. The molecule has 0 N–H and O–H groups in total. The molecule has 2 aliphatic rings. The number of piperazine rings is 1. The van der Waals surface area contributed by atoms with Gasteiger partial charge in [-0.05, 0) is 13.8 Å². The van der Waals surface area contributed by atoms with E-state index >= 15 is 0 Å². The minimum Gasteiger partial charge on any atom is -0.464 e. The zero-order valence-electron chi connectivity index (χ0n) is 12.6. The molecule has 2 aliphatic heterocycles. The summed E-state index contributed by atoms with van der Waals surface area (Å²) in [4.78, 5) is 13.8. The van der Waals surface area contributed by atoms with Crippen LogP contribution in [0.25, 0.3) is 0 Å². The number of aryl methyl sites for hydroxylation is 2. The van der Waals surface area contributed by atoms with Gasteiger partial charge in [0.15, 0.2) is 5.76 Å². The lowest BCUT2D eigenvalue weighted by molar-refractivity contribution is -0.142. The van der Waals surface area contributed by atoms with Crippen molar-refractivity contribution in [1.82, 2.24) is 14.4 Å². The van der Waals surface area contributed by atoms with Crippen LogP contribution in [0.15, 0.2) is 9.42 Å². The smallest absolute Gasteiger partial charge is 0.323 e. The molecule has 1 aromatic rings. The summed E-state index contributed by atoms with van der Waals surface area (Å²) in [5.74, 6) is 0.0985. The van der Waals surface area contributed by atoms with Crippen molar-refractivity contribution < 1.29 is 22.5 Å². The Hall–Kier alpha value is -1.45. The molecule has 0 aliphatic carbocycles. The Labute approximate surface area is 129 Å². The van der Waals surface area contributed by atoms with E-state index in [0.29, 0.717) is 50.7 Å². The van der Waals surface area contributed by atoms with Crippen LogP contribution in [0.3, 0.4) is 0 Å². The Kier molecular flexibility index (Phi) is 3.96. The minimum atomic E-state index is -3.61. The van der Waals surface area contributed by atoms with E-state index in [1.54, 1.807) is 13.8 Å². The number of esters is 1. The van der Waals surface area contributed by atoms with Gasteiger partial charge in [0.2, 0.25) is 10.0 Å². The van der Waals surface area contributed by atoms with Gasteiger partial charge in [-0.1, -0.05) is 5.16 Å². The van der Waals surface area contributed by atoms with Crippen molar-refractivity contribution in [2.45, 2.75) is 31.2 Å². The first-order chi connectivity index (χ1) is 10.4. The van der Waals surface area contributed by atoms with Gasteiger partial charge in [0.1, 0.15) is 16.6 Å². The van der Waals surface area contributed by atoms with Crippen molar-refractivity contribution in [3.05, 3.63) is 11.5 Å². The van der Waals surface area contributed by atoms with E-state index in [-0.39, 0.29) is 16.9 Å². The lowest BCUT2D eigenvalue weighted by Gasteiger charge is -2.35. The topological polar surface area (TPSA) is 93.0 Å².